The summed E-state index contributed by atoms with van der Waals surface area (Å²) in [6.07, 6.45) is 2.61. The van der Waals surface area contributed by atoms with Gasteiger partial charge in [-0.2, -0.15) is 0 Å². The van der Waals surface area contributed by atoms with Gasteiger partial charge in [-0.25, -0.2) is 0 Å². The maximum atomic E-state index is 12.3. The van der Waals surface area contributed by atoms with Gasteiger partial charge in [-0.3, -0.25) is 9.59 Å². The van der Waals surface area contributed by atoms with Crippen LogP contribution in [0.4, 0.5) is 0 Å². The molecule has 1 fully saturated rings. The van der Waals surface area contributed by atoms with E-state index in [9.17, 15) is 9.59 Å². The smallest absolute Gasteiger partial charge is 0.307 e. The van der Waals surface area contributed by atoms with Crippen LogP contribution in [0.25, 0.3) is 0 Å². The van der Waals surface area contributed by atoms with Gasteiger partial charge in [-0.05, 0) is 24.7 Å². The topological polar surface area (TPSA) is 66.4 Å². The summed E-state index contributed by atoms with van der Waals surface area (Å²) >= 11 is 0. The molecule has 2 N–H and O–H groups in total. The summed E-state index contributed by atoms with van der Waals surface area (Å²) in [5.74, 6) is -1.90. The minimum atomic E-state index is -0.866. The van der Waals surface area contributed by atoms with Crippen molar-refractivity contribution in [3.8, 4) is 0 Å². The quantitative estimate of drug-likeness (QED) is 0.766. The van der Waals surface area contributed by atoms with Crippen LogP contribution in [0, 0.1) is 17.3 Å². The van der Waals surface area contributed by atoms with E-state index in [-0.39, 0.29) is 17.4 Å². The van der Waals surface area contributed by atoms with Crippen LogP contribution in [0.15, 0.2) is 0 Å². The number of carboxylic acids is 1. The van der Waals surface area contributed by atoms with Crippen LogP contribution in [0.5, 0.6) is 0 Å². The van der Waals surface area contributed by atoms with Crippen LogP contribution in [-0.2, 0) is 9.59 Å². The van der Waals surface area contributed by atoms with Gasteiger partial charge in [0.25, 0.3) is 0 Å². The molecule has 2 atom stereocenters. The van der Waals surface area contributed by atoms with Gasteiger partial charge in [0.2, 0.25) is 5.91 Å². The van der Waals surface area contributed by atoms with E-state index < -0.39 is 17.3 Å². The van der Waals surface area contributed by atoms with Gasteiger partial charge in [-0.1, -0.05) is 34.6 Å². The molecule has 1 saturated carbocycles. The Morgan fingerprint density at radius 3 is 1.83 bits per heavy atom. The first-order valence-corrected chi connectivity index (χ1v) is 6.80. The summed E-state index contributed by atoms with van der Waals surface area (Å²) in [7, 11) is 0. The molecule has 0 aromatic rings. The molecule has 0 spiro atoms. The van der Waals surface area contributed by atoms with E-state index >= 15 is 0 Å². The molecule has 4 nitrogen and oxygen atoms in total. The summed E-state index contributed by atoms with van der Waals surface area (Å²) in [6.45, 7) is 9.86. The lowest BCUT2D eigenvalue weighted by atomic mass is 9.89. The summed E-state index contributed by atoms with van der Waals surface area (Å²) in [4.78, 5) is 23.3. The standard InChI is InChI=1S/C14H25NO3/c1-6-14(7-2,8-3)15-11(16)9-10(12(17)18)13(9,4)5/h9-10H,6-8H2,1-5H3,(H,15,16)(H,17,18)/t9-,10+/m1/s1. The Kier molecular flexibility index (Phi) is 4.08. The Morgan fingerprint density at radius 1 is 1.11 bits per heavy atom. The molecule has 18 heavy (non-hydrogen) atoms. The fourth-order valence-corrected chi connectivity index (χ4v) is 2.94. The summed E-state index contributed by atoms with van der Waals surface area (Å²) in [5, 5.41) is 12.2. The summed E-state index contributed by atoms with van der Waals surface area (Å²) < 4.78 is 0. The third kappa shape index (κ3) is 2.38. The van der Waals surface area contributed by atoms with E-state index in [2.05, 4.69) is 26.1 Å². The average Bonchev–Trinajstić information content (AvgIpc) is 2.90. The minimum absolute atomic E-state index is 0.0991. The zero-order valence-electron chi connectivity index (χ0n) is 12.0. The molecule has 0 aliphatic heterocycles. The van der Waals surface area contributed by atoms with Crippen molar-refractivity contribution in [2.24, 2.45) is 17.3 Å². The summed E-state index contributed by atoms with van der Waals surface area (Å²) in [5.41, 5.74) is -0.602. The molecule has 0 heterocycles. The van der Waals surface area contributed by atoms with E-state index in [1.807, 2.05) is 13.8 Å². The van der Waals surface area contributed by atoms with Crippen molar-refractivity contribution in [1.82, 2.24) is 5.32 Å². The highest BCUT2D eigenvalue weighted by atomic mass is 16.4. The number of hydrogen-bond acceptors (Lipinski definition) is 2. The van der Waals surface area contributed by atoms with E-state index in [0.717, 1.165) is 19.3 Å². The molecule has 0 aromatic heterocycles. The molecule has 0 aromatic carbocycles. The van der Waals surface area contributed by atoms with E-state index in [1.54, 1.807) is 0 Å². The van der Waals surface area contributed by atoms with Crippen molar-refractivity contribution < 1.29 is 14.7 Å². The highest BCUT2D eigenvalue weighted by molar-refractivity contribution is 5.92. The lowest BCUT2D eigenvalue weighted by Crippen LogP contribution is -2.48. The molecule has 1 rings (SSSR count). The Balaban J connectivity index is 2.76. The third-order valence-electron chi connectivity index (χ3n) is 4.79. The number of nitrogens with one attached hydrogen (secondary N) is 1. The normalized spacial score (nSPS) is 25.6. The molecule has 1 aliphatic rings. The first-order valence-electron chi connectivity index (χ1n) is 6.80. The Morgan fingerprint density at radius 2 is 1.56 bits per heavy atom. The SMILES string of the molecule is CCC(CC)(CC)NC(=O)[C@H]1[C@@H](C(=O)O)C1(C)C. The number of aliphatic carboxylic acids is 1. The lowest BCUT2D eigenvalue weighted by molar-refractivity contribution is -0.140. The van der Waals surface area contributed by atoms with Crippen LogP contribution in [0.3, 0.4) is 0 Å². The van der Waals surface area contributed by atoms with Crippen molar-refractivity contribution in [2.75, 3.05) is 0 Å². The van der Waals surface area contributed by atoms with Crippen molar-refractivity contribution in [3.63, 3.8) is 0 Å². The van der Waals surface area contributed by atoms with Gasteiger partial charge in [0.15, 0.2) is 0 Å². The Labute approximate surface area is 109 Å². The van der Waals surface area contributed by atoms with E-state index in [4.69, 9.17) is 5.11 Å². The highest BCUT2D eigenvalue weighted by Gasteiger charge is 2.66. The Bertz CT molecular complexity index is 337. The molecule has 104 valence electrons. The number of hydrogen-bond donors (Lipinski definition) is 2. The predicted molar refractivity (Wildman–Crippen MR) is 70.1 cm³/mol. The second-order valence-corrected chi connectivity index (χ2v) is 5.95. The lowest BCUT2D eigenvalue weighted by Gasteiger charge is -2.32. The average molecular weight is 255 g/mol. The maximum Gasteiger partial charge on any atom is 0.307 e. The van der Waals surface area contributed by atoms with Crippen molar-refractivity contribution in [3.05, 3.63) is 0 Å². The van der Waals surface area contributed by atoms with Crippen LogP contribution in [0.1, 0.15) is 53.9 Å². The predicted octanol–water partition coefficient (Wildman–Crippen LogP) is 2.43. The van der Waals surface area contributed by atoms with Crippen LogP contribution >= 0.6 is 0 Å². The molecule has 0 saturated heterocycles. The van der Waals surface area contributed by atoms with Gasteiger partial charge in [0.05, 0.1) is 11.8 Å². The van der Waals surface area contributed by atoms with Crippen molar-refractivity contribution in [1.29, 1.82) is 0 Å². The minimum Gasteiger partial charge on any atom is -0.481 e. The fraction of sp³-hybridized carbons (Fsp3) is 0.857. The van der Waals surface area contributed by atoms with Crippen LogP contribution < -0.4 is 5.32 Å². The van der Waals surface area contributed by atoms with Crippen LogP contribution in [-0.4, -0.2) is 22.5 Å². The fourth-order valence-electron chi connectivity index (χ4n) is 2.94. The first kappa shape index (κ1) is 15.0. The number of rotatable bonds is 6. The van der Waals surface area contributed by atoms with Gasteiger partial charge in [0.1, 0.15) is 0 Å². The van der Waals surface area contributed by atoms with E-state index in [0.29, 0.717) is 0 Å². The Hall–Kier alpha value is -1.06. The zero-order valence-corrected chi connectivity index (χ0v) is 12.0. The molecular weight excluding hydrogens is 230 g/mol. The number of amides is 1. The maximum absolute atomic E-state index is 12.3. The highest BCUT2D eigenvalue weighted by Crippen LogP contribution is 2.58. The van der Waals surface area contributed by atoms with Crippen molar-refractivity contribution in [2.45, 2.75) is 59.4 Å². The number of carbonyl (C=O) groups excluding carboxylic acids is 1. The molecule has 1 aliphatic carbocycles. The monoisotopic (exact) mass is 255 g/mol. The molecule has 1 amide bonds. The van der Waals surface area contributed by atoms with Crippen LogP contribution in [0.2, 0.25) is 0 Å². The third-order valence-corrected chi connectivity index (χ3v) is 4.79. The second-order valence-electron chi connectivity index (χ2n) is 5.95. The van der Waals surface area contributed by atoms with Gasteiger partial charge in [0, 0.05) is 5.54 Å². The van der Waals surface area contributed by atoms with Gasteiger partial charge < -0.3 is 10.4 Å². The van der Waals surface area contributed by atoms with E-state index in [1.165, 1.54) is 0 Å². The van der Waals surface area contributed by atoms with Crippen molar-refractivity contribution >= 4 is 11.9 Å². The molecule has 4 heteroatoms. The van der Waals surface area contributed by atoms with Gasteiger partial charge in [-0.15, -0.1) is 0 Å². The molecular formula is C14H25NO3. The molecule has 0 unspecified atom stereocenters. The molecule has 0 bridgehead atoms. The first-order chi connectivity index (χ1) is 8.25. The largest absolute Gasteiger partial charge is 0.481 e. The summed E-state index contributed by atoms with van der Waals surface area (Å²) in [6, 6.07) is 0. The number of carbonyl (C=O) groups is 2. The zero-order chi connectivity index (χ0) is 14.1. The van der Waals surface area contributed by atoms with Gasteiger partial charge >= 0.3 is 5.97 Å². The second kappa shape index (κ2) is 4.90. The molecule has 0 radical (unpaired) electrons. The number of carboxylic acid groups (broad SMARTS) is 1.